The molecule has 0 saturated carbocycles. The molecule has 0 N–H and O–H groups in total. The number of rotatable bonds is 4. The van der Waals surface area contributed by atoms with Gasteiger partial charge < -0.3 is 4.74 Å². The van der Waals surface area contributed by atoms with Crippen LogP contribution in [0, 0.1) is 22.9 Å². The number of halogens is 2. The van der Waals surface area contributed by atoms with Gasteiger partial charge in [-0.2, -0.15) is 0 Å². The number of benzene rings is 2. The maximum Gasteiger partial charge on any atom is 0.272 e. The van der Waals surface area contributed by atoms with E-state index in [1.165, 1.54) is 18.2 Å². The molecule has 0 heterocycles. The minimum atomic E-state index is -0.453. The lowest BCUT2D eigenvalue weighted by atomic mass is 10.2. The van der Waals surface area contributed by atoms with Gasteiger partial charge in [-0.05, 0) is 31.2 Å². The van der Waals surface area contributed by atoms with E-state index in [9.17, 15) is 14.5 Å². The van der Waals surface area contributed by atoms with E-state index in [-0.39, 0.29) is 11.5 Å². The number of hydrogen-bond donors (Lipinski definition) is 0. The zero-order valence-electron chi connectivity index (χ0n) is 10.6. The predicted octanol–water partition coefficient (Wildman–Crippen LogP) is 4.73. The second-order valence-electron chi connectivity index (χ2n) is 4.16. The Morgan fingerprint density at radius 1 is 1.35 bits per heavy atom. The highest BCUT2D eigenvalue weighted by Crippen LogP contribution is 2.31. The SMILES string of the molecule is Cc1cc(Oc2cccc(F)c2CBr)ccc1[N+](=O)[O-]. The van der Waals surface area contributed by atoms with Gasteiger partial charge in [-0.1, -0.05) is 22.0 Å². The highest BCUT2D eigenvalue weighted by atomic mass is 79.9. The predicted molar refractivity (Wildman–Crippen MR) is 76.9 cm³/mol. The van der Waals surface area contributed by atoms with Crippen molar-refractivity contribution in [2.75, 3.05) is 0 Å². The van der Waals surface area contributed by atoms with E-state index in [1.54, 1.807) is 25.1 Å². The molecule has 2 rings (SSSR count). The maximum absolute atomic E-state index is 13.6. The van der Waals surface area contributed by atoms with Crippen LogP contribution in [0.5, 0.6) is 11.5 Å². The summed E-state index contributed by atoms with van der Waals surface area (Å²) in [4.78, 5) is 10.3. The van der Waals surface area contributed by atoms with Gasteiger partial charge in [0.05, 0.1) is 4.92 Å². The molecule has 0 aliphatic carbocycles. The molecule has 0 unspecified atom stereocenters. The highest BCUT2D eigenvalue weighted by Gasteiger charge is 2.13. The first-order valence-electron chi connectivity index (χ1n) is 5.79. The molecule has 0 fully saturated rings. The van der Waals surface area contributed by atoms with Gasteiger partial charge in [0, 0.05) is 22.5 Å². The third kappa shape index (κ3) is 2.96. The summed E-state index contributed by atoms with van der Waals surface area (Å²) in [5.74, 6) is 0.453. The lowest BCUT2D eigenvalue weighted by molar-refractivity contribution is -0.385. The third-order valence-corrected chi connectivity index (χ3v) is 3.36. The van der Waals surface area contributed by atoms with Crippen LogP contribution >= 0.6 is 15.9 Å². The quantitative estimate of drug-likeness (QED) is 0.459. The van der Waals surface area contributed by atoms with E-state index >= 15 is 0 Å². The van der Waals surface area contributed by atoms with E-state index in [4.69, 9.17) is 4.74 Å². The monoisotopic (exact) mass is 339 g/mol. The Labute approximate surface area is 123 Å². The molecule has 104 valence electrons. The van der Waals surface area contributed by atoms with Crippen molar-refractivity contribution in [1.29, 1.82) is 0 Å². The Hall–Kier alpha value is -1.95. The summed E-state index contributed by atoms with van der Waals surface area (Å²) in [5.41, 5.74) is 0.921. The summed E-state index contributed by atoms with van der Waals surface area (Å²) < 4.78 is 19.2. The Kier molecular flexibility index (Phi) is 4.34. The molecule has 0 saturated heterocycles. The number of ether oxygens (including phenoxy) is 1. The van der Waals surface area contributed by atoms with E-state index in [2.05, 4.69) is 15.9 Å². The molecule has 20 heavy (non-hydrogen) atoms. The third-order valence-electron chi connectivity index (χ3n) is 2.80. The van der Waals surface area contributed by atoms with Crippen LogP contribution in [0.4, 0.5) is 10.1 Å². The van der Waals surface area contributed by atoms with Crippen molar-refractivity contribution < 1.29 is 14.1 Å². The standard InChI is InChI=1S/C14H11BrFNO3/c1-9-7-10(5-6-13(9)17(18)19)20-14-4-2-3-12(16)11(14)8-15/h2-7H,8H2,1H3. The van der Waals surface area contributed by atoms with Crippen LogP contribution in [-0.4, -0.2) is 4.92 Å². The number of nitro benzene ring substituents is 1. The van der Waals surface area contributed by atoms with Crippen LogP contribution in [0.1, 0.15) is 11.1 Å². The van der Waals surface area contributed by atoms with Crippen LogP contribution in [0.15, 0.2) is 36.4 Å². The molecule has 6 heteroatoms. The summed E-state index contributed by atoms with van der Waals surface area (Å²) in [6.45, 7) is 1.63. The minimum absolute atomic E-state index is 0.0253. The molecule has 0 amide bonds. The molecule has 0 bridgehead atoms. The Morgan fingerprint density at radius 2 is 2.10 bits per heavy atom. The van der Waals surface area contributed by atoms with Gasteiger partial charge in [0.2, 0.25) is 0 Å². The molecular weight excluding hydrogens is 329 g/mol. The van der Waals surface area contributed by atoms with Crippen molar-refractivity contribution >= 4 is 21.6 Å². The van der Waals surface area contributed by atoms with Gasteiger partial charge in [-0.25, -0.2) is 4.39 Å². The highest BCUT2D eigenvalue weighted by molar-refractivity contribution is 9.08. The van der Waals surface area contributed by atoms with Gasteiger partial charge in [0.1, 0.15) is 17.3 Å². The number of aryl methyl sites for hydroxylation is 1. The summed E-state index contributed by atoms with van der Waals surface area (Å²) >= 11 is 3.21. The zero-order valence-corrected chi connectivity index (χ0v) is 12.2. The van der Waals surface area contributed by atoms with Crippen molar-refractivity contribution in [2.45, 2.75) is 12.3 Å². The summed E-state index contributed by atoms with van der Waals surface area (Å²) in [5, 5.41) is 11.1. The second kappa shape index (κ2) is 6.00. The van der Waals surface area contributed by atoms with Crippen molar-refractivity contribution in [3.63, 3.8) is 0 Å². The van der Waals surface area contributed by atoms with Crippen molar-refractivity contribution in [2.24, 2.45) is 0 Å². The van der Waals surface area contributed by atoms with Crippen LogP contribution in [0.25, 0.3) is 0 Å². The molecule has 0 radical (unpaired) electrons. The van der Waals surface area contributed by atoms with Crippen LogP contribution in [0.3, 0.4) is 0 Å². The van der Waals surface area contributed by atoms with Crippen molar-refractivity contribution in [3.8, 4) is 11.5 Å². The minimum Gasteiger partial charge on any atom is -0.457 e. The molecule has 0 aromatic heterocycles. The zero-order chi connectivity index (χ0) is 14.7. The normalized spacial score (nSPS) is 10.3. The Balaban J connectivity index is 2.34. The summed E-state index contributed by atoms with van der Waals surface area (Å²) in [6.07, 6.45) is 0. The molecule has 4 nitrogen and oxygen atoms in total. The fourth-order valence-corrected chi connectivity index (χ4v) is 2.33. The second-order valence-corrected chi connectivity index (χ2v) is 4.72. The van der Waals surface area contributed by atoms with Crippen LogP contribution < -0.4 is 4.74 Å². The molecular formula is C14H11BrFNO3. The van der Waals surface area contributed by atoms with Crippen molar-refractivity contribution in [1.82, 2.24) is 0 Å². The summed E-state index contributed by atoms with van der Waals surface area (Å²) in [6, 6.07) is 8.98. The van der Waals surface area contributed by atoms with Gasteiger partial charge in [-0.3, -0.25) is 10.1 Å². The Morgan fingerprint density at radius 3 is 2.70 bits per heavy atom. The van der Waals surface area contributed by atoms with E-state index < -0.39 is 4.92 Å². The number of nitrogens with zero attached hydrogens (tertiary/aromatic N) is 1. The summed E-state index contributed by atoms with van der Waals surface area (Å²) in [7, 11) is 0. The molecule has 2 aromatic rings. The first-order chi connectivity index (χ1) is 9.52. The first-order valence-corrected chi connectivity index (χ1v) is 6.91. The van der Waals surface area contributed by atoms with Crippen LogP contribution in [-0.2, 0) is 5.33 Å². The van der Waals surface area contributed by atoms with Gasteiger partial charge in [0.25, 0.3) is 5.69 Å². The molecule has 0 aliphatic heterocycles. The van der Waals surface area contributed by atoms with E-state index in [1.807, 2.05) is 0 Å². The molecule has 0 spiro atoms. The topological polar surface area (TPSA) is 52.4 Å². The van der Waals surface area contributed by atoms with E-state index in [0.29, 0.717) is 28.0 Å². The van der Waals surface area contributed by atoms with Gasteiger partial charge in [0.15, 0.2) is 0 Å². The lowest BCUT2D eigenvalue weighted by Gasteiger charge is -2.10. The number of alkyl halides is 1. The molecule has 2 aromatic carbocycles. The smallest absolute Gasteiger partial charge is 0.272 e. The van der Waals surface area contributed by atoms with Gasteiger partial charge >= 0.3 is 0 Å². The number of hydrogen-bond acceptors (Lipinski definition) is 3. The molecule has 0 atom stereocenters. The first kappa shape index (κ1) is 14.5. The number of nitro groups is 1. The van der Waals surface area contributed by atoms with Crippen molar-refractivity contribution in [3.05, 3.63) is 63.5 Å². The largest absolute Gasteiger partial charge is 0.457 e. The Bertz CT molecular complexity index is 661. The van der Waals surface area contributed by atoms with E-state index in [0.717, 1.165) is 0 Å². The fourth-order valence-electron chi connectivity index (χ4n) is 1.79. The van der Waals surface area contributed by atoms with Crippen LogP contribution in [0.2, 0.25) is 0 Å². The maximum atomic E-state index is 13.6. The average Bonchev–Trinajstić information content (AvgIpc) is 2.38. The molecule has 0 aliphatic rings. The lowest BCUT2D eigenvalue weighted by Crippen LogP contribution is -1.95. The fraction of sp³-hybridized carbons (Fsp3) is 0.143. The van der Waals surface area contributed by atoms with Gasteiger partial charge in [-0.15, -0.1) is 0 Å². The average molecular weight is 340 g/mol.